The van der Waals surface area contributed by atoms with Gasteiger partial charge >= 0.3 is 0 Å². The smallest absolute Gasteiger partial charge is 0.159 e. The highest BCUT2D eigenvalue weighted by atomic mass is 35.5. The molecule has 0 saturated carbocycles. The topological polar surface area (TPSA) is 34.4 Å². The van der Waals surface area contributed by atoms with E-state index in [9.17, 15) is 4.91 Å². The molecule has 1 unspecified atom stereocenters. The first-order chi connectivity index (χ1) is 7.31. The third-order valence-electron chi connectivity index (χ3n) is 2.71. The maximum absolute atomic E-state index is 10.8. The van der Waals surface area contributed by atoms with Crippen LogP contribution in [-0.2, 0) is 0 Å². The van der Waals surface area contributed by atoms with Crippen molar-refractivity contribution in [3.05, 3.63) is 57.7 Å². The van der Waals surface area contributed by atoms with Crippen LogP contribution < -0.4 is 0 Å². The molecule has 1 aliphatic heterocycles. The Morgan fingerprint density at radius 2 is 2.20 bits per heavy atom. The van der Waals surface area contributed by atoms with E-state index in [4.69, 9.17) is 11.6 Å². The lowest BCUT2D eigenvalue weighted by molar-refractivity contribution is 0.858. The second-order valence-electron chi connectivity index (χ2n) is 3.51. The molecule has 0 N–H and O–H groups in total. The average Bonchev–Trinajstić information content (AvgIpc) is 2.76. The predicted octanol–water partition coefficient (Wildman–Crippen LogP) is 3.30. The lowest BCUT2D eigenvalue weighted by Crippen LogP contribution is -1.90. The van der Waals surface area contributed by atoms with Gasteiger partial charge in [0.2, 0.25) is 0 Å². The summed E-state index contributed by atoms with van der Waals surface area (Å²) < 4.78 is 1.97. The highest BCUT2D eigenvalue weighted by Gasteiger charge is 2.29. The van der Waals surface area contributed by atoms with Crippen LogP contribution >= 0.6 is 11.6 Å². The van der Waals surface area contributed by atoms with Gasteiger partial charge in [0.05, 0.1) is 11.4 Å². The SMILES string of the molecule is O=NC1c2cc(Cl)ccc2-n2cccc21. The Kier molecular flexibility index (Phi) is 1.70. The molecule has 74 valence electrons. The Morgan fingerprint density at radius 1 is 1.33 bits per heavy atom. The molecule has 0 bridgehead atoms. The molecule has 2 aromatic rings. The van der Waals surface area contributed by atoms with Crippen LogP contribution in [0.2, 0.25) is 5.02 Å². The van der Waals surface area contributed by atoms with Crippen molar-refractivity contribution >= 4 is 11.6 Å². The number of hydrogen-bond donors (Lipinski definition) is 0. The summed E-state index contributed by atoms with van der Waals surface area (Å²) in [7, 11) is 0. The van der Waals surface area contributed by atoms with Crippen LogP contribution in [0.3, 0.4) is 0 Å². The van der Waals surface area contributed by atoms with Crippen LogP contribution in [0.1, 0.15) is 17.3 Å². The first-order valence-corrected chi connectivity index (χ1v) is 4.98. The number of rotatable bonds is 1. The minimum Gasteiger partial charge on any atom is -0.318 e. The van der Waals surface area contributed by atoms with E-state index in [1.807, 2.05) is 35.0 Å². The number of fused-ring (bicyclic) bond motifs is 3. The quantitative estimate of drug-likeness (QED) is 0.677. The van der Waals surface area contributed by atoms with Crippen molar-refractivity contribution in [2.45, 2.75) is 6.04 Å². The van der Waals surface area contributed by atoms with E-state index >= 15 is 0 Å². The van der Waals surface area contributed by atoms with Crippen molar-refractivity contribution in [3.8, 4) is 5.69 Å². The van der Waals surface area contributed by atoms with Crippen molar-refractivity contribution < 1.29 is 0 Å². The molecule has 1 aliphatic rings. The summed E-state index contributed by atoms with van der Waals surface area (Å²) in [5.41, 5.74) is 2.78. The third kappa shape index (κ3) is 1.07. The van der Waals surface area contributed by atoms with Gasteiger partial charge in [0.1, 0.15) is 0 Å². The van der Waals surface area contributed by atoms with E-state index in [0.717, 1.165) is 16.9 Å². The molecule has 15 heavy (non-hydrogen) atoms. The van der Waals surface area contributed by atoms with Crippen molar-refractivity contribution in [1.29, 1.82) is 0 Å². The minimum absolute atomic E-state index is 0.423. The van der Waals surface area contributed by atoms with Gasteiger partial charge in [0.25, 0.3) is 0 Å². The lowest BCUT2D eigenvalue weighted by Gasteiger charge is -2.02. The van der Waals surface area contributed by atoms with E-state index in [1.165, 1.54) is 0 Å². The number of hydrogen-bond acceptors (Lipinski definition) is 2. The summed E-state index contributed by atoms with van der Waals surface area (Å²) in [6, 6.07) is 8.92. The molecule has 1 aromatic carbocycles. The highest BCUT2D eigenvalue weighted by molar-refractivity contribution is 6.30. The van der Waals surface area contributed by atoms with Gasteiger partial charge < -0.3 is 4.57 Å². The first-order valence-electron chi connectivity index (χ1n) is 4.61. The Bertz CT molecular complexity index is 547. The van der Waals surface area contributed by atoms with Crippen LogP contribution in [0.5, 0.6) is 0 Å². The molecule has 4 heteroatoms. The summed E-state index contributed by atoms with van der Waals surface area (Å²) in [5.74, 6) is 0. The molecule has 0 amide bonds. The fraction of sp³-hybridized carbons (Fsp3) is 0.0909. The monoisotopic (exact) mass is 218 g/mol. The van der Waals surface area contributed by atoms with Gasteiger partial charge in [-0.05, 0) is 30.3 Å². The van der Waals surface area contributed by atoms with Gasteiger partial charge in [-0.2, -0.15) is 0 Å². The van der Waals surface area contributed by atoms with E-state index in [1.54, 1.807) is 6.07 Å². The maximum Gasteiger partial charge on any atom is 0.159 e. The van der Waals surface area contributed by atoms with Crippen molar-refractivity contribution in [2.24, 2.45) is 5.18 Å². The summed E-state index contributed by atoms with van der Waals surface area (Å²) >= 11 is 5.90. The fourth-order valence-corrected chi connectivity index (χ4v) is 2.25. The second kappa shape index (κ2) is 2.94. The van der Waals surface area contributed by atoms with Crippen molar-refractivity contribution in [1.82, 2.24) is 4.57 Å². The molecular formula is C11H7ClN2O. The second-order valence-corrected chi connectivity index (χ2v) is 3.95. The number of nitrogens with zero attached hydrogens (tertiary/aromatic N) is 2. The van der Waals surface area contributed by atoms with Crippen LogP contribution in [-0.4, -0.2) is 4.57 Å². The van der Waals surface area contributed by atoms with Gasteiger partial charge in [0, 0.05) is 16.8 Å². The Balaban J connectivity index is 2.33. The molecule has 0 radical (unpaired) electrons. The van der Waals surface area contributed by atoms with Gasteiger partial charge in [-0.15, -0.1) is 4.91 Å². The van der Waals surface area contributed by atoms with Crippen LogP contribution in [0.25, 0.3) is 5.69 Å². The molecule has 3 nitrogen and oxygen atoms in total. The number of aromatic nitrogens is 1. The molecule has 3 rings (SSSR count). The fourth-order valence-electron chi connectivity index (χ4n) is 2.07. The lowest BCUT2D eigenvalue weighted by atomic mass is 10.1. The molecule has 0 fully saturated rings. The van der Waals surface area contributed by atoms with Gasteiger partial charge in [-0.1, -0.05) is 16.8 Å². The summed E-state index contributed by atoms with van der Waals surface area (Å²) in [6.07, 6.45) is 1.92. The third-order valence-corrected chi connectivity index (χ3v) is 2.94. The van der Waals surface area contributed by atoms with Crippen molar-refractivity contribution in [2.75, 3.05) is 0 Å². The molecular weight excluding hydrogens is 212 g/mol. The molecule has 2 heterocycles. The average molecular weight is 219 g/mol. The summed E-state index contributed by atoms with van der Waals surface area (Å²) in [4.78, 5) is 10.8. The predicted molar refractivity (Wildman–Crippen MR) is 58.4 cm³/mol. The van der Waals surface area contributed by atoms with Gasteiger partial charge in [-0.25, -0.2) is 0 Å². The number of benzene rings is 1. The Morgan fingerprint density at radius 3 is 3.00 bits per heavy atom. The normalized spacial score (nSPS) is 17.3. The van der Waals surface area contributed by atoms with E-state index in [0.29, 0.717) is 5.02 Å². The molecule has 1 atom stereocenters. The van der Waals surface area contributed by atoms with E-state index < -0.39 is 6.04 Å². The number of nitroso groups, excluding NO2 is 1. The summed E-state index contributed by atoms with van der Waals surface area (Å²) in [6.45, 7) is 0. The van der Waals surface area contributed by atoms with Gasteiger partial charge in [-0.3, -0.25) is 0 Å². The molecule has 0 saturated heterocycles. The van der Waals surface area contributed by atoms with Crippen LogP contribution in [0.15, 0.2) is 41.7 Å². The van der Waals surface area contributed by atoms with E-state index in [-0.39, 0.29) is 0 Å². The molecule has 1 aromatic heterocycles. The Hall–Kier alpha value is -1.61. The van der Waals surface area contributed by atoms with E-state index in [2.05, 4.69) is 5.18 Å². The zero-order valence-electron chi connectivity index (χ0n) is 7.72. The minimum atomic E-state index is -0.423. The van der Waals surface area contributed by atoms with Crippen LogP contribution in [0, 0.1) is 4.91 Å². The zero-order chi connectivity index (χ0) is 10.4. The maximum atomic E-state index is 10.8. The number of halogens is 1. The highest BCUT2D eigenvalue weighted by Crippen LogP contribution is 2.39. The first kappa shape index (κ1) is 8.68. The zero-order valence-corrected chi connectivity index (χ0v) is 8.48. The molecule has 0 aliphatic carbocycles. The standard InChI is InChI=1S/C11H7ClN2O/c12-7-3-4-9-8(6-7)11(13-15)10-2-1-5-14(9)10/h1-6,11H. The Labute approximate surface area is 91.3 Å². The van der Waals surface area contributed by atoms with Crippen molar-refractivity contribution in [3.63, 3.8) is 0 Å². The largest absolute Gasteiger partial charge is 0.318 e. The van der Waals surface area contributed by atoms with Gasteiger partial charge in [0.15, 0.2) is 6.04 Å². The van der Waals surface area contributed by atoms with Crippen LogP contribution in [0.4, 0.5) is 0 Å². The summed E-state index contributed by atoms with van der Waals surface area (Å²) in [5, 5.41) is 3.79. The molecule has 0 spiro atoms.